The van der Waals surface area contributed by atoms with E-state index in [1.807, 2.05) is 0 Å². The number of halogens is 2. The predicted octanol–water partition coefficient (Wildman–Crippen LogP) is 5.67. The zero-order valence-electron chi connectivity index (χ0n) is 10.1. The van der Waals surface area contributed by atoms with E-state index in [0.29, 0.717) is 0 Å². The van der Waals surface area contributed by atoms with E-state index < -0.39 is 0 Å². The number of hydrogen-bond donors (Lipinski definition) is 0. The fourth-order valence-corrected chi connectivity index (χ4v) is 2.59. The molecular weight excluding hydrogens is 366 g/mol. The van der Waals surface area contributed by atoms with Gasteiger partial charge in [-0.25, -0.2) is 0 Å². The first-order valence-electron chi connectivity index (χ1n) is 5.93. The lowest BCUT2D eigenvalue weighted by atomic mass is 10.1. The van der Waals surface area contributed by atoms with Crippen molar-refractivity contribution in [3.8, 4) is 16.9 Å². The zero-order valence-corrected chi connectivity index (χ0v) is 13.2. The molecule has 94 valence electrons. The normalized spacial score (nSPS) is 10.6. The number of rotatable bonds is 2. The van der Waals surface area contributed by atoms with Crippen LogP contribution in [0.2, 0.25) is 0 Å². The smallest absolute Gasteiger partial charge is 0.0528 e. The summed E-state index contributed by atoms with van der Waals surface area (Å²) in [5.74, 6) is 0. The van der Waals surface area contributed by atoms with Crippen LogP contribution < -0.4 is 0 Å². The van der Waals surface area contributed by atoms with E-state index in [1.165, 1.54) is 11.3 Å². The summed E-state index contributed by atoms with van der Waals surface area (Å²) in [6, 6.07) is 20.9. The molecular formula is C16H11Br2N. The van der Waals surface area contributed by atoms with Crippen molar-refractivity contribution in [3.63, 3.8) is 0 Å². The summed E-state index contributed by atoms with van der Waals surface area (Å²) >= 11 is 6.93. The third-order valence-corrected chi connectivity index (χ3v) is 4.05. The molecule has 0 saturated carbocycles. The molecule has 0 spiro atoms. The molecule has 0 bridgehead atoms. The SMILES string of the molecule is Brc1ccc(-c2cccn2-c2ccc(Br)cc2)cc1. The summed E-state index contributed by atoms with van der Waals surface area (Å²) in [5, 5.41) is 0. The molecule has 0 aliphatic rings. The lowest BCUT2D eigenvalue weighted by Crippen LogP contribution is -1.94. The summed E-state index contributed by atoms with van der Waals surface area (Å²) in [7, 11) is 0. The van der Waals surface area contributed by atoms with Gasteiger partial charge in [-0.2, -0.15) is 0 Å². The molecule has 0 saturated heterocycles. The molecule has 3 aromatic rings. The van der Waals surface area contributed by atoms with Crippen LogP contribution in [0.5, 0.6) is 0 Å². The van der Waals surface area contributed by atoms with Gasteiger partial charge >= 0.3 is 0 Å². The van der Waals surface area contributed by atoms with Crippen molar-refractivity contribution < 1.29 is 0 Å². The summed E-state index contributed by atoms with van der Waals surface area (Å²) in [4.78, 5) is 0. The van der Waals surface area contributed by atoms with Gasteiger partial charge in [-0.1, -0.05) is 44.0 Å². The molecule has 1 aromatic heterocycles. The minimum atomic E-state index is 1.09. The molecule has 0 unspecified atom stereocenters. The van der Waals surface area contributed by atoms with Crippen LogP contribution in [0.25, 0.3) is 16.9 Å². The van der Waals surface area contributed by atoms with Crippen molar-refractivity contribution in [2.45, 2.75) is 0 Å². The van der Waals surface area contributed by atoms with Crippen LogP contribution in [0.4, 0.5) is 0 Å². The fraction of sp³-hybridized carbons (Fsp3) is 0. The number of aromatic nitrogens is 1. The van der Waals surface area contributed by atoms with Crippen molar-refractivity contribution in [3.05, 3.63) is 75.8 Å². The van der Waals surface area contributed by atoms with Gasteiger partial charge in [0.15, 0.2) is 0 Å². The minimum absolute atomic E-state index is 1.09. The third-order valence-electron chi connectivity index (χ3n) is 2.99. The van der Waals surface area contributed by atoms with Gasteiger partial charge in [0, 0.05) is 20.8 Å². The lowest BCUT2D eigenvalue weighted by molar-refractivity contribution is 1.09. The predicted molar refractivity (Wildman–Crippen MR) is 86.6 cm³/mol. The molecule has 0 aliphatic carbocycles. The molecule has 0 radical (unpaired) electrons. The first-order chi connectivity index (χ1) is 9.24. The second-order valence-corrected chi connectivity index (χ2v) is 6.08. The van der Waals surface area contributed by atoms with Crippen LogP contribution in [0.15, 0.2) is 75.8 Å². The van der Waals surface area contributed by atoms with E-state index in [1.54, 1.807) is 0 Å². The van der Waals surface area contributed by atoms with E-state index in [0.717, 1.165) is 14.6 Å². The van der Waals surface area contributed by atoms with Crippen molar-refractivity contribution in [1.82, 2.24) is 4.57 Å². The van der Waals surface area contributed by atoms with Gasteiger partial charge < -0.3 is 4.57 Å². The lowest BCUT2D eigenvalue weighted by Gasteiger charge is -2.09. The molecule has 0 atom stereocenters. The zero-order chi connectivity index (χ0) is 13.2. The van der Waals surface area contributed by atoms with E-state index in [2.05, 4.69) is 103 Å². The van der Waals surface area contributed by atoms with Gasteiger partial charge in [-0.15, -0.1) is 0 Å². The molecule has 0 N–H and O–H groups in total. The van der Waals surface area contributed by atoms with Gasteiger partial charge in [0.2, 0.25) is 0 Å². The third kappa shape index (κ3) is 2.67. The second-order valence-electron chi connectivity index (χ2n) is 4.25. The summed E-state index contributed by atoms with van der Waals surface area (Å²) in [6.45, 7) is 0. The molecule has 1 heterocycles. The van der Waals surface area contributed by atoms with Gasteiger partial charge in [-0.3, -0.25) is 0 Å². The highest BCUT2D eigenvalue weighted by Gasteiger charge is 2.05. The highest BCUT2D eigenvalue weighted by Crippen LogP contribution is 2.26. The summed E-state index contributed by atoms with van der Waals surface area (Å²) < 4.78 is 4.38. The molecule has 3 rings (SSSR count). The Morgan fingerprint density at radius 1 is 0.684 bits per heavy atom. The maximum atomic E-state index is 3.47. The van der Waals surface area contributed by atoms with E-state index in [4.69, 9.17) is 0 Å². The maximum Gasteiger partial charge on any atom is 0.0528 e. The average Bonchev–Trinajstić information content (AvgIpc) is 2.90. The Bertz CT molecular complexity index is 622. The summed E-state index contributed by atoms with van der Waals surface area (Å²) in [5.41, 5.74) is 3.55. The monoisotopic (exact) mass is 375 g/mol. The van der Waals surface area contributed by atoms with Crippen molar-refractivity contribution >= 4 is 31.9 Å². The van der Waals surface area contributed by atoms with E-state index in [-0.39, 0.29) is 0 Å². The Labute approximate surface area is 129 Å². The standard InChI is InChI=1S/C16H11Br2N/c17-13-5-3-12(4-6-13)16-2-1-11-19(16)15-9-7-14(18)8-10-15/h1-11H. The Hall–Kier alpha value is -1.32. The van der Waals surface area contributed by atoms with Crippen LogP contribution in [-0.4, -0.2) is 4.57 Å². The van der Waals surface area contributed by atoms with Crippen LogP contribution in [0.1, 0.15) is 0 Å². The highest BCUT2D eigenvalue weighted by atomic mass is 79.9. The van der Waals surface area contributed by atoms with E-state index in [9.17, 15) is 0 Å². The Morgan fingerprint density at radius 3 is 1.89 bits per heavy atom. The Morgan fingerprint density at radius 2 is 1.26 bits per heavy atom. The topological polar surface area (TPSA) is 4.93 Å². The molecule has 0 fully saturated rings. The summed E-state index contributed by atoms with van der Waals surface area (Å²) in [6.07, 6.45) is 2.08. The van der Waals surface area contributed by atoms with E-state index >= 15 is 0 Å². The van der Waals surface area contributed by atoms with Crippen LogP contribution in [0, 0.1) is 0 Å². The molecule has 3 heteroatoms. The molecule has 2 aromatic carbocycles. The second kappa shape index (κ2) is 5.35. The number of hydrogen-bond acceptors (Lipinski definition) is 0. The first-order valence-corrected chi connectivity index (χ1v) is 7.52. The van der Waals surface area contributed by atoms with Crippen LogP contribution >= 0.6 is 31.9 Å². The number of nitrogens with zero attached hydrogens (tertiary/aromatic N) is 1. The largest absolute Gasteiger partial charge is 0.317 e. The van der Waals surface area contributed by atoms with Crippen molar-refractivity contribution in [1.29, 1.82) is 0 Å². The molecule has 19 heavy (non-hydrogen) atoms. The first kappa shape index (κ1) is 12.7. The quantitative estimate of drug-likeness (QED) is 0.543. The van der Waals surface area contributed by atoms with Crippen molar-refractivity contribution in [2.24, 2.45) is 0 Å². The molecule has 1 nitrogen and oxygen atoms in total. The Balaban J connectivity index is 2.07. The molecule has 0 amide bonds. The fourth-order valence-electron chi connectivity index (χ4n) is 2.06. The van der Waals surface area contributed by atoms with Crippen LogP contribution in [0.3, 0.4) is 0 Å². The average molecular weight is 377 g/mol. The minimum Gasteiger partial charge on any atom is -0.317 e. The maximum absolute atomic E-state index is 3.47. The van der Waals surface area contributed by atoms with Crippen molar-refractivity contribution in [2.75, 3.05) is 0 Å². The highest BCUT2D eigenvalue weighted by molar-refractivity contribution is 9.10. The molecule has 0 aliphatic heterocycles. The van der Waals surface area contributed by atoms with Gasteiger partial charge in [0.05, 0.1) is 5.69 Å². The van der Waals surface area contributed by atoms with Gasteiger partial charge in [-0.05, 0) is 54.1 Å². The van der Waals surface area contributed by atoms with Gasteiger partial charge in [0.1, 0.15) is 0 Å². The van der Waals surface area contributed by atoms with Gasteiger partial charge in [0.25, 0.3) is 0 Å². The Kier molecular flexibility index (Phi) is 3.58. The number of benzene rings is 2. The van der Waals surface area contributed by atoms with Crippen LogP contribution in [-0.2, 0) is 0 Å².